The summed E-state index contributed by atoms with van der Waals surface area (Å²) in [5.41, 5.74) is 3.81. The zero-order chi connectivity index (χ0) is 24.2. The SMILES string of the molecule is COC(=O)c1cc(N2CCC[C@@H](C)C2)ccc1NC(=O)[C@H](CC1CC1)Oc1c(C)cccc1C. The van der Waals surface area contributed by atoms with Crippen LogP contribution in [0.3, 0.4) is 0 Å². The fourth-order valence-corrected chi connectivity index (χ4v) is 4.75. The Hall–Kier alpha value is -3.02. The lowest BCUT2D eigenvalue weighted by Crippen LogP contribution is -2.35. The number of para-hydroxylation sites is 1. The monoisotopic (exact) mass is 464 g/mol. The van der Waals surface area contributed by atoms with Crippen LogP contribution in [0.1, 0.15) is 60.5 Å². The minimum absolute atomic E-state index is 0.237. The van der Waals surface area contributed by atoms with Crippen LogP contribution in [0.4, 0.5) is 11.4 Å². The second-order valence-corrected chi connectivity index (χ2v) is 9.91. The Labute approximate surface area is 202 Å². The normalized spacial score (nSPS) is 18.8. The maximum atomic E-state index is 13.4. The molecule has 2 aromatic rings. The van der Waals surface area contributed by atoms with Crippen LogP contribution in [0.2, 0.25) is 0 Å². The van der Waals surface area contributed by atoms with E-state index in [0.717, 1.165) is 54.9 Å². The van der Waals surface area contributed by atoms with Crippen LogP contribution in [0, 0.1) is 25.7 Å². The molecule has 4 rings (SSSR count). The Morgan fingerprint density at radius 1 is 1.12 bits per heavy atom. The highest BCUT2D eigenvalue weighted by molar-refractivity contribution is 6.03. The number of esters is 1. The summed E-state index contributed by atoms with van der Waals surface area (Å²) in [6.07, 6.45) is 4.63. The van der Waals surface area contributed by atoms with E-state index in [9.17, 15) is 9.59 Å². The number of amides is 1. The molecule has 2 atom stereocenters. The highest BCUT2D eigenvalue weighted by Gasteiger charge is 2.32. The van der Waals surface area contributed by atoms with Crippen molar-refractivity contribution in [1.29, 1.82) is 0 Å². The number of rotatable bonds is 8. The average molecular weight is 465 g/mol. The van der Waals surface area contributed by atoms with Gasteiger partial charge in [-0.2, -0.15) is 0 Å². The van der Waals surface area contributed by atoms with Crippen LogP contribution in [0.25, 0.3) is 0 Å². The molecule has 1 aliphatic heterocycles. The fraction of sp³-hybridized carbons (Fsp3) is 0.500. The molecule has 34 heavy (non-hydrogen) atoms. The topological polar surface area (TPSA) is 67.9 Å². The van der Waals surface area contributed by atoms with E-state index in [4.69, 9.17) is 9.47 Å². The van der Waals surface area contributed by atoms with Crippen LogP contribution in [0.15, 0.2) is 36.4 Å². The van der Waals surface area contributed by atoms with Crippen molar-refractivity contribution in [3.63, 3.8) is 0 Å². The highest BCUT2D eigenvalue weighted by Crippen LogP contribution is 2.36. The number of nitrogens with one attached hydrogen (secondary N) is 1. The highest BCUT2D eigenvalue weighted by atomic mass is 16.5. The predicted molar refractivity (Wildman–Crippen MR) is 135 cm³/mol. The summed E-state index contributed by atoms with van der Waals surface area (Å²) in [5, 5.41) is 2.97. The van der Waals surface area contributed by atoms with Gasteiger partial charge in [0.2, 0.25) is 0 Å². The lowest BCUT2D eigenvalue weighted by atomic mass is 9.99. The number of methoxy groups -OCH3 is 1. The van der Waals surface area contributed by atoms with E-state index in [1.54, 1.807) is 0 Å². The van der Waals surface area contributed by atoms with Crippen molar-refractivity contribution in [1.82, 2.24) is 0 Å². The summed E-state index contributed by atoms with van der Waals surface area (Å²) in [7, 11) is 1.36. The summed E-state index contributed by atoms with van der Waals surface area (Å²) < 4.78 is 11.3. The van der Waals surface area contributed by atoms with Gasteiger partial charge in [0.1, 0.15) is 5.75 Å². The van der Waals surface area contributed by atoms with Gasteiger partial charge in [-0.15, -0.1) is 0 Å². The van der Waals surface area contributed by atoms with Crippen molar-refractivity contribution in [3.8, 4) is 5.75 Å². The molecule has 1 saturated heterocycles. The summed E-state index contributed by atoms with van der Waals surface area (Å²) in [4.78, 5) is 28.3. The second kappa shape index (κ2) is 10.5. The van der Waals surface area contributed by atoms with Gasteiger partial charge in [-0.25, -0.2) is 4.79 Å². The number of aryl methyl sites for hydroxylation is 2. The van der Waals surface area contributed by atoms with E-state index in [0.29, 0.717) is 29.5 Å². The van der Waals surface area contributed by atoms with Crippen LogP contribution in [0.5, 0.6) is 5.75 Å². The minimum atomic E-state index is -0.625. The molecular formula is C28H36N2O4. The molecule has 2 fully saturated rings. The second-order valence-electron chi connectivity index (χ2n) is 9.91. The first-order valence-electron chi connectivity index (χ1n) is 12.4. The molecule has 182 valence electrons. The van der Waals surface area contributed by atoms with E-state index in [-0.39, 0.29) is 5.91 Å². The first-order chi connectivity index (χ1) is 16.4. The summed E-state index contributed by atoms with van der Waals surface area (Å²) >= 11 is 0. The van der Waals surface area contributed by atoms with Crippen LogP contribution >= 0.6 is 0 Å². The molecule has 6 heteroatoms. The van der Waals surface area contributed by atoms with Crippen molar-refractivity contribution in [2.45, 2.75) is 59.0 Å². The molecule has 1 amide bonds. The third-order valence-electron chi connectivity index (χ3n) is 6.89. The minimum Gasteiger partial charge on any atom is -0.480 e. The molecule has 0 bridgehead atoms. The molecule has 2 aliphatic rings. The van der Waals surface area contributed by atoms with Crippen molar-refractivity contribution < 1.29 is 19.1 Å². The Morgan fingerprint density at radius 3 is 2.50 bits per heavy atom. The van der Waals surface area contributed by atoms with E-state index < -0.39 is 12.1 Å². The summed E-state index contributed by atoms with van der Waals surface area (Å²) in [6.45, 7) is 8.15. The van der Waals surface area contributed by atoms with Gasteiger partial charge in [0, 0.05) is 18.8 Å². The molecule has 1 aliphatic carbocycles. The number of benzene rings is 2. The number of carbonyl (C=O) groups excluding carboxylic acids is 2. The molecule has 0 spiro atoms. The standard InChI is InChI=1S/C28H36N2O4/c1-18-7-6-14-30(17-18)22-12-13-24(23(16-22)28(32)33-4)29-27(31)25(15-21-10-11-21)34-26-19(2)8-5-9-20(26)3/h5,8-9,12-13,16,18,21,25H,6-7,10-11,14-15,17H2,1-4H3,(H,29,31)/t18-,25+/m1/s1. The zero-order valence-electron chi connectivity index (χ0n) is 20.7. The average Bonchev–Trinajstić information content (AvgIpc) is 3.64. The molecule has 0 unspecified atom stereocenters. The number of hydrogen-bond donors (Lipinski definition) is 1. The van der Waals surface area contributed by atoms with Gasteiger partial charge >= 0.3 is 5.97 Å². The molecule has 1 heterocycles. The largest absolute Gasteiger partial charge is 0.480 e. The smallest absolute Gasteiger partial charge is 0.340 e. The Morgan fingerprint density at radius 2 is 1.85 bits per heavy atom. The molecule has 0 aromatic heterocycles. The number of hydrogen-bond acceptors (Lipinski definition) is 5. The number of piperidine rings is 1. The van der Waals surface area contributed by atoms with Crippen molar-refractivity contribution in [2.75, 3.05) is 30.4 Å². The third kappa shape index (κ3) is 5.72. The molecule has 1 saturated carbocycles. The number of carbonyl (C=O) groups is 2. The number of nitrogens with zero attached hydrogens (tertiary/aromatic N) is 1. The first-order valence-corrected chi connectivity index (χ1v) is 12.4. The van der Waals surface area contributed by atoms with E-state index in [1.165, 1.54) is 13.5 Å². The molecule has 6 nitrogen and oxygen atoms in total. The van der Waals surface area contributed by atoms with Gasteiger partial charge in [0.15, 0.2) is 6.10 Å². The zero-order valence-corrected chi connectivity index (χ0v) is 20.7. The predicted octanol–water partition coefficient (Wildman–Crippen LogP) is 5.51. The molecule has 2 aromatic carbocycles. The summed E-state index contributed by atoms with van der Waals surface area (Å²) in [5.74, 6) is 1.17. The van der Waals surface area contributed by atoms with Crippen LogP contribution < -0.4 is 15.0 Å². The Kier molecular flexibility index (Phi) is 7.44. The van der Waals surface area contributed by atoms with E-state index >= 15 is 0 Å². The molecule has 1 N–H and O–H groups in total. The van der Waals surface area contributed by atoms with Crippen molar-refractivity contribution >= 4 is 23.3 Å². The van der Waals surface area contributed by atoms with Gasteiger partial charge in [0.25, 0.3) is 5.91 Å². The van der Waals surface area contributed by atoms with Gasteiger partial charge in [-0.3, -0.25) is 4.79 Å². The summed E-state index contributed by atoms with van der Waals surface area (Å²) in [6, 6.07) is 11.6. The Bertz CT molecular complexity index is 1030. The maximum absolute atomic E-state index is 13.4. The van der Waals surface area contributed by atoms with Gasteiger partial charge in [0.05, 0.1) is 18.4 Å². The first kappa shape index (κ1) is 24.1. The number of anilines is 2. The Balaban J connectivity index is 1.57. The molecule has 0 radical (unpaired) electrons. The van der Waals surface area contributed by atoms with Gasteiger partial charge in [-0.1, -0.05) is 38.0 Å². The van der Waals surface area contributed by atoms with E-state index in [2.05, 4.69) is 17.1 Å². The third-order valence-corrected chi connectivity index (χ3v) is 6.89. The maximum Gasteiger partial charge on any atom is 0.340 e. The lowest BCUT2D eigenvalue weighted by molar-refractivity contribution is -0.123. The van der Waals surface area contributed by atoms with Gasteiger partial charge in [-0.05, 0) is 74.3 Å². The fourth-order valence-electron chi connectivity index (χ4n) is 4.75. The van der Waals surface area contributed by atoms with Crippen molar-refractivity contribution in [3.05, 3.63) is 53.1 Å². The lowest BCUT2D eigenvalue weighted by Gasteiger charge is -2.33. The van der Waals surface area contributed by atoms with Crippen LogP contribution in [-0.4, -0.2) is 38.2 Å². The molecular weight excluding hydrogens is 428 g/mol. The van der Waals surface area contributed by atoms with E-state index in [1.807, 2.05) is 50.2 Å². The quantitative estimate of drug-likeness (QED) is 0.522. The van der Waals surface area contributed by atoms with Crippen LogP contribution in [-0.2, 0) is 9.53 Å². The van der Waals surface area contributed by atoms with Crippen molar-refractivity contribution in [2.24, 2.45) is 11.8 Å². The van der Waals surface area contributed by atoms with Gasteiger partial charge < -0.3 is 19.7 Å². The number of ether oxygens (including phenoxy) is 2.